The van der Waals surface area contributed by atoms with Crippen LogP contribution >= 0.6 is 0 Å². The van der Waals surface area contributed by atoms with Gasteiger partial charge in [-0.25, -0.2) is 0 Å². The van der Waals surface area contributed by atoms with Crippen molar-refractivity contribution in [3.8, 4) is 0 Å². The second-order valence-electron chi connectivity index (χ2n) is 4.62. The van der Waals surface area contributed by atoms with Crippen LogP contribution in [0.2, 0.25) is 0 Å². The van der Waals surface area contributed by atoms with Crippen molar-refractivity contribution in [1.29, 1.82) is 0 Å². The molecule has 0 atom stereocenters. The highest BCUT2D eigenvalue weighted by Gasteiger charge is 2.41. The predicted molar refractivity (Wildman–Crippen MR) is 80.8 cm³/mol. The number of methoxy groups -OCH3 is 2. The Morgan fingerprint density at radius 1 is 1.00 bits per heavy atom. The summed E-state index contributed by atoms with van der Waals surface area (Å²) in [6.07, 6.45) is 0. The molecule has 0 saturated carbocycles. The summed E-state index contributed by atoms with van der Waals surface area (Å²) in [6, 6.07) is 16.3. The Hall–Kier alpha value is -2.01. The minimum absolute atomic E-state index is 0.248. The van der Waals surface area contributed by atoms with E-state index in [1.54, 1.807) is 24.3 Å². The van der Waals surface area contributed by atoms with Crippen molar-refractivity contribution in [1.82, 2.24) is 0 Å². The van der Waals surface area contributed by atoms with E-state index in [1.165, 1.54) is 14.2 Å². The number of hydrogen-bond acceptors (Lipinski definition) is 4. The van der Waals surface area contributed by atoms with Crippen molar-refractivity contribution < 1.29 is 14.3 Å². The van der Waals surface area contributed by atoms with E-state index in [-0.39, 0.29) is 5.78 Å². The van der Waals surface area contributed by atoms with E-state index in [1.807, 2.05) is 30.3 Å². The number of ether oxygens (including phenoxy) is 2. The van der Waals surface area contributed by atoms with Gasteiger partial charge in [-0.3, -0.25) is 4.79 Å². The highest BCUT2D eigenvalue weighted by molar-refractivity contribution is 6.02. The minimum Gasteiger partial charge on any atom is -0.343 e. The lowest BCUT2D eigenvalue weighted by Crippen LogP contribution is -2.40. The third kappa shape index (κ3) is 2.88. The molecular formula is C17H19NO3. The molecule has 4 nitrogen and oxygen atoms in total. The number of carbonyl (C=O) groups is 1. The number of benzene rings is 2. The number of ketones is 1. The molecule has 2 N–H and O–H groups in total. The summed E-state index contributed by atoms with van der Waals surface area (Å²) in [5.41, 5.74) is 7.70. The van der Waals surface area contributed by atoms with Gasteiger partial charge in [-0.2, -0.15) is 0 Å². The van der Waals surface area contributed by atoms with Crippen molar-refractivity contribution in [2.75, 3.05) is 14.2 Å². The lowest BCUT2D eigenvalue weighted by atomic mass is 9.95. The zero-order valence-electron chi connectivity index (χ0n) is 12.2. The van der Waals surface area contributed by atoms with Crippen LogP contribution in [0.3, 0.4) is 0 Å². The van der Waals surface area contributed by atoms with Crippen LogP contribution in [0.25, 0.3) is 0 Å². The number of hydrogen-bond donors (Lipinski definition) is 1. The molecule has 0 saturated heterocycles. The Labute approximate surface area is 124 Å². The smallest absolute Gasteiger partial charge is 0.260 e. The molecule has 0 radical (unpaired) electrons. The van der Waals surface area contributed by atoms with Gasteiger partial charge in [0, 0.05) is 31.9 Å². The molecule has 2 rings (SSSR count). The molecule has 0 bridgehead atoms. The Morgan fingerprint density at radius 3 is 2.05 bits per heavy atom. The van der Waals surface area contributed by atoms with Gasteiger partial charge in [-0.05, 0) is 5.56 Å². The lowest BCUT2D eigenvalue weighted by molar-refractivity contribution is -0.176. The van der Waals surface area contributed by atoms with Crippen LogP contribution in [-0.2, 0) is 21.8 Å². The number of Topliss-reactive ketones (excluding diaryl/α,β-unsaturated/α-hetero) is 1. The molecular weight excluding hydrogens is 266 g/mol. The molecule has 2 aromatic carbocycles. The third-order valence-electron chi connectivity index (χ3n) is 3.48. The fraction of sp³-hybridized carbons (Fsp3) is 0.235. The average Bonchev–Trinajstić information content (AvgIpc) is 2.57. The van der Waals surface area contributed by atoms with Crippen molar-refractivity contribution >= 4 is 5.78 Å². The predicted octanol–water partition coefficient (Wildman–Crippen LogP) is 2.47. The first-order valence-corrected chi connectivity index (χ1v) is 6.67. The third-order valence-corrected chi connectivity index (χ3v) is 3.48. The van der Waals surface area contributed by atoms with E-state index in [0.29, 0.717) is 17.7 Å². The first-order chi connectivity index (χ1) is 10.2. The molecule has 0 aliphatic rings. The number of carbonyl (C=O) groups excluding carboxylic acids is 1. The van der Waals surface area contributed by atoms with Gasteiger partial charge >= 0.3 is 0 Å². The van der Waals surface area contributed by atoms with Gasteiger partial charge in [-0.1, -0.05) is 54.6 Å². The molecule has 0 spiro atoms. The second-order valence-corrected chi connectivity index (χ2v) is 4.62. The first kappa shape index (κ1) is 15.4. The van der Waals surface area contributed by atoms with Crippen molar-refractivity contribution in [3.05, 3.63) is 71.3 Å². The van der Waals surface area contributed by atoms with Crippen LogP contribution < -0.4 is 5.73 Å². The van der Waals surface area contributed by atoms with E-state index < -0.39 is 5.79 Å². The maximum atomic E-state index is 12.8. The van der Waals surface area contributed by atoms with Gasteiger partial charge in [0.05, 0.1) is 0 Å². The zero-order chi connectivity index (χ0) is 15.3. The van der Waals surface area contributed by atoms with Crippen LogP contribution in [0, 0.1) is 0 Å². The monoisotopic (exact) mass is 285 g/mol. The minimum atomic E-state index is -1.44. The Kier molecular flexibility index (Phi) is 4.85. The Morgan fingerprint density at radius 2 is 1.57 bits per heavy atom. The molecule has 0 amide bonds. The van der Waals surface area contributed by atoms with Gasteiger partial charge in [0.2, 0.25) is 5.78 Å². The topological polar surface area (TPSA) is 61.5 Å². The van der Waals surface area contributed by atoms with Gasteiger partial charge in [-0.15, -0.1) is 0 Å². The molecule has 0 heterocycles. The normalized spacial score (nSPS) is 11.4. The average molecular weight is 285 g/mol. The quantitative estimate of drug-likeness (QED) is 0.654. The fourth-order valence-corrected chi connectivity index (χ4v) is 2.28. The molecule has 0 aliphatic carbocycles. The van der Waals surface area contributed by atoms with Crippen LogP contribution in [-0.4, -0.2) is 20.0 Å². The molecule has 4 heteroatoms. The number of rotatable bonds is 6. The maximum Gasteiger partial charge on any atom is 0.260 e. The highest BCUT2D eigenvalue weighted by atomic mass is 16.7. The standard InChI is InChI=1S/C17H19NO3/c1-20-17(21-2,15-6-4-3-5-7-15)16(19)14-10-8-13(12-18)9-11-14/h3-11H,12,18H2,1-2H3. The van der Waals surface area contributed by atoms with E-state index in [4.69, 9.17) is 15.2 Å². The summed E-state index contributed by atoms with van der Waals surface area (Å²) in [5.74, 6) is -1.69. The van der Waals surface area contributed by atoms with Gasteiger partial charge < -0.3 is 15.2 Å². The summed E-state index contributed by atoms with van der Waals surface area (Å²) in [6.45, 7) is 0.437. The maximum absolute atomic E-state index is 12.8. The molecule has 21 heavy (non-hydrogen) atoms. The largest absolute Gasteiger partial charge is 0.343 e. The van der Waals surface area contributed by atoms with Crippen LogP contribution in [0.4, 0.5) is 0 Å². The Balaban J connectivity index is 2.44. The summed E-state index contributed by atoms with van der Waals surface area (Å²) in [4.78, 5) is 12.8. The van der Waals surface area contributed by atoms with E-state index in [2.05, 4.69) is 0 Å². The van der Waals surface area contributed by atoms with E-state index >= 15 is 0 Å². The molecule has 2 aromatic rings. The van der Waals surface area contributed by atoms with Crippen molar-refractivity contribution in [2.24, 2.45) is 5.73 Å². The summed E-state index contributed by atoms with van der Waals surface area (Å²) < 4.78 is 10.9. The molecule has 0 unspecified atom stereocenters. The lowest BCUT2D eigenvalue weighted by Gasteiger charge is -2.29. The van der Waals surface area contributed by atoms with E-state index in [9.17, 15) is 4.79 Å². The zero-order valence-corrected chi connectivity index (χ0v) is 12.2. The summed E-state index contributed by atoms with van der Waals surface area (Å²) in [7, 11) is 2.92. The molecule has 0 aromatic heterocycles. The van der Waals surface area contributed by atoms with Crippen LogP contribution in [0.15, 0.2) is 54.6 Å². The van der Waals surface area contributed by atoms with Crippen molar-refractivity contribution in [3.63, 3.8) is 0 Å². The summed E-state index contributed by atoms with van der Waals surface area (Å²) in [5, 5.41) is 0. The van der Waals surface area contributed by atoms with E-state index in [0.717, 1.165) is 5.56 Å². The van der Waals surface area contributed by atoms with Gasteiger partial charge in [0.1, 0.15) is 0 Å². The summed E-state index contributed by atoms with van der Waals surface area (Å²) >= 11 is 0. The molecule has 0 fully saturated rings. The highest BCUT2D eigenvalue weighted by Crippen LogP contribution is 2.30. The van der Waals surface area contributed by atoms with Crippen LogP contribution in [0.5, 0.6) is 0 Å². The van der Waals surface area contributed by atoms with Crippen LogP contribution in [0.1, 0.15) is 21.5 Å². The SMILES string of the molecule is COC(OC)(C(=O)c1ccc(CN)cc1)c1ccccc1. The van der Waals surface area contributed by atoms with Crippen molar-refractivity contribution in [2.45, 2.75) is 12.3 Å². The first-order valence-electron chi connectivity index (χ1n) is 6.67. The Bertz CT molecular complexity index is 589. The van der Waals surface area contributed by atoms with Gasteiger partial charge in [0.25, 0.3) is 5.79 Å². The second kappa shape index (κ2) is 6.63. The number of nitrogens with two attached hydrogens (primary N) is 1. The van der Waals surface area contributed by atoms with Gasteiger partial charge in [0.15, 0.2) is 0 Å². The molecule has 0 aliphatic heterocycles. The molecule has 110 valence electrons. The fourth-order valence-electron chi connectivity index (χ4n) is 2.28.